The van der Waals surface area contributed by atoms with Crippen LogP contribution in [0.2, 0.25) is 0 Å². The monoisotopic (exact) mass is 280 g/mol. The number of carbonyl (C=O) groups is 1. The van der Waals surface area contributed by atoms with Crippen LogP contribution in [0.25, 0.3) is 12.2 Å². The highest BCUT2D eigenvalue weighted by molar-refractivity contribution is 5.90. The molecule has 2 aromatic carbocycles. The fourth-order valence-corrected chi connectivity index (χ4v) is 1.92. The maximum Gasteiger partial charge on any atom is 0.338 e. The fraction of sp³-hybridized carbons (Fsp3) is 0.211. The molecule has 0 heterocycles. The smallest absolute Gasteiger partial charge is 0.338 e. The average Bonchev–Trinajstić information content (AvgIpc) is 2.54. The Morgan fingerprint density at radius 1 is 1.00 bits per heavy atom. The van der Waals surface area contributed by atoms with Crippen molar-refractivity contribution in [2.24, 2.45) is 0 Å². The summed E-state index contributed by atoms with van der Waals surface area (Å²) in [7, 11) is 0. The Kier molecular flexibility index (Phi) is 5.77. The number of ether oxygens (including phenoxy) is 1. The van der Waals surface area contributed by atoms with Gasteiger partial charge in [0, 0.05) is 0 Å². The van der Waals surface area contributed by atoms with E-state index in [0.29, 0.717) is 12.2 Å². The maximum absolute atomic E-state index is 11.9. The molecule has 0 saturated heterocycles. The molecule has 0 aliphatic carbocycles. The van der Waals surface area contributed by atoms with Crippen LogP contribution in [-0.4, -0.2) is 12.6 Å². The SMILES string of the molecule is CCCCOC(=O)c1cccc(/C=C/c2ccccc2)c1. The Labute approximate surface area is 126 Å². The Bertz CT molecular complexity index is 600. The first-order chi connectivity index (χ1) is 10.3. The molecule has 2 heteroatoms. The predicted molar refractivity (Wildman–Crippen MR) is 87.0 cm³/mol. The van der Waals surface area contributed by atoms with Gasteiger partial charge in [0.2, 0.25) is 0 Å². The number of rotatable bonds is 6. The van der Waals surface area contributed by atoms with E-state index >= 15 is 0 Å². The molecule has 0 fully saturated rings. The van der Waals surface area contributed by atoms with Gasteiger partial charge in [-0.15, -0.1) is 0 Å². The van der Waals surface area contributed by atoms with Gasteiger partial charge in [-0.3, -0.25) is 0 Å². The van der Waals surface area contributed by atoms with Crippen LogP contribution in [0.3, 0.4) is 0 Å². The third-order valence-electron chi connectivity index (χ3n) is 3.12. The standard InChI is InChI=1S/C19H20O2/c1-2-3-14-21-19(20)18-11-7-10-17(15-18)13-12-16-8-5-4-6-9-16/h4-13,15H,2-3,14H2,1H3/b13-12+. The minimum Gasteiger partial charge on any atom is -0.462 e. The molecule has 0 aliphatic heterocycles. The molecule has 2 nitrogen and oxygen atoms in total. The van der Waals surface area contributed by atoms with Crippen LogP contribution in [-0.2, 0) is 4.74 Å². The molecule has 0 spiro atoms. The van der Waals surface area contributed by atoms with Crippen LogP contribution in [0.5, 0.6) is 0 Å². The van der Waals surface area contributed by atoms with Crippen LogP contribution >= 0.6 is 0 Å². The number of esters is 1. The third-order valence-corrected chi connectivity index (χ3v) is 3.12. The quantitative estimate of drug-likeness (QED) is 0.431. The van der Waals surface area contributed by atoms with E-state index in [-0.39, 0.29) is 5.97 Å². The zero-order valence-corrected chi connectivity index (χ0v) is 12.3. The van der Waals surface area contributed by atoms with E-state index in [2.05, 4.69) is 6.92 Å². The molecule has 2 rings (SSSR count). The van der Waals surface area contributed by atoms with Gasteiger partial charge in [-0.2, -0.15) is 0 Å². The molecule has 0 N–H and O–H groups in total. The second kappa shape index (κ2) is 8.05. The van der Waals surface area contributed by atoms with Crippen LogP contribution in [0, 0.1) is 0 Å². The highest BCUT2D eigenvalue weighted by Gasteiger charge is 2.06. The first kappa shape index (κ1) is 15.0. The summed E-state index contributed by atoms with van der Waals surface area (Å²) in [6, 6.07) is 17.6. The van der Waals surface area contributed by atoms with Crippen LogP contribution in [0.4, 0.5) is 0 Å². The summed E-state index contributed by atoms with van der Waals surface area (Å²) in [6.45, 7) is 2.56. The van der Waals surface area contributed by atoms with E-state index in [1.54, 1.807) is 6.07 Å². The normalized spacial score (nSPS) is 10.7. The summed E-state index contributed by atoms with van der Waals surface area (Å²) in [5, 5.41) is 0. The fourth-order valence-electron chi connectivity index (χ4n) is 1.92. The summed E-state index contributed by atoms with van der Waals surface area (Å²) in [6.07, 6.45) is 5.95. The lowest BCUT2D eigenvalue weighted by Gasteiger charge is -2.04. The zero-order chi connectivity index (χ0) is 14.9. The molecule has 108 valence electrons. The van der Waals surface area contributed by atoms with Crippen molar-refractivity contribution in [1.82, 2.24) is 0 Å². The number of unbranched alkanes of at least 4 members (excludes halogenated alkanes) is 1. The lowest BCUT2D eigenvalue weighted by molar-refractivity contribution is 0.0499. The first-order valence-electron chi connectivity index (χ1n) is 7.30. The van der Waals surface area contributed by atoms with E-state index in [1.807, 2.05) is 60.7 Å². The van der Waals surface area contributed by atoms with Crippen molar-refractivity contribution >= 4 is 18.1 Å². The molecule has 0 saturated carbocycles. The second-order valence-corrected chi connectivity index (χ2v) is 4.86. The van der Waals surface area contributed by atoms with Crippen molar-refractivity contribution in [2.45, 2.75) is 19.8 Å². The molecule has 0 amide bonds. The predicted octanol–water partition coefficient (Wildman–Crippen LogP) is 4.81. The maximum atomic E-state index is 11.9. The summed E-state index contributed by atoms with van der Waals surface area (Å²) >= 11 is 0. The number of carbonyl (C=O) groups excluding carboxylic acids is 1. The molecule has 0 aliphatic rings. The van der Waals surface area contributed by atoms with E-state index in [9.17, 15) is 4.79 Å². The van der Waals surface area contributed by atoms with Crippen LogP contribution in [0.1, 0.15) is 41.3 Å². The second-order valence-electron chi connectivity index (χ2n) is 4.86. The van der Waals surface area contributed by atoms with Gasteiger partial charge in [-0.25, -0.2) is 4.79 Å². The first-order valence-corrected chi connectivity index (χ1v) is 7.30. The highest BCUT2D eigenvalue weighted by atomic mass is 16.5. The van der Waals surface area contributed by atoms with Gasteiger partial charge in [0.25, 0.3) is 0 Å². The molecule has 0 aromatic heterocycles. The van der Waals surface area contributed by atoms with E-state index < -0.39 is 0 Å². The van der Waals surface area contributed by atoms with Gasteiger partial charge < -0.3 is 4.74 Å². The Morgan fingerprint density at radius 2 is 1.71 bits per heavy atom. The Hall–Kier alpha value is -2.35. The minimum atomic E-state index is -0.251. The molecule has 21 heavy (non-hydrogen) atoms. The van der Waals surface area contributed by atoms with Gasteiger partial charge in [-0.1, -0.05) is 68.0 Å². The zero-order valence-electron chi connectivity index (χ0n) is 12.3. The minimum absolute atomic E-state index is 0.251. The van der Waals surface area contributed by atoms with Crippen LogP contribution < -0.4 is 0 Å². The van der Waals surface area contributed by atoms with Crippen molar-refractivity contribution in [1.29, 1.82) is 0 Å². The number of benzene rings is 2. The largest absolute Gasteiger partial charge is 0.462 e. The van der Waals surface area contributed by atoms with E-state index in [0.717, 1.165) is 24.0 Å². The van der Waals surface area contributed by atoms with Crippen LogP contribution in [0.15, 0.2) is 54.6 Å². The lowest BCUT2D eigenvalue weighted by atomic mass is 10.1. The Morgan fingerprint density at radius 3 is 2.48 bits per heavy atom. The molecular formula is C19H20O2. The Balaban J connectivity index is 2.04. The van der Waals surface area contributed by atoms with Gasteiger partial charge in [0.1, 0.15) is 0 Å². The summed E-state index contributed by atoms with van der Waals surface area (Å²) in [5.41, 5.74) is 2.72. The third kappa shape index (κ3) is 4.92. The van der Waals surface area contributed by atoms with Crippen molar-refractivity contribution < 1.29 is 9.53 Å². The van der Waals surface area contributed by atoms with Gasteiger partial charge >= 0.3 is 5.97 Å². The van der Waals surface area contributed by atoms with Crippen molar-refractivity contribution in [2.75, 3.05) is 6.61 Å². The molecular weight excluding hydrogens is 260 g/mol. The van der Waals surface area contributed by atoms with Crippen molar-refractivity contribution in [3.8, 4) is 0 Å². The summed E-state index contributed by atoms with van der Waals surface area (Å²) in [5.74, 6) is -0.251. The summed E-state index contributed by atoms with van der Waals surface area (Å²) < 4.78 is 5.22. The lowest BCUT2D eigenvalue weighted by Crippen LogP contribution is -2.06. The van der Waals surface area contributed by atoms with E-state index in [1.165, 1.54) is 0 Å². The average molecular weight is 280 g/mol. The topological polar surface area (TPSA) is 26.3 Å². The highest BCUT2D eigenvalue weighted by Crippen LogP contribution is 2.11. The molecule has 0 atom stereocenters. The molecule has 0 radical (unpaired) electrons. The molecule has 0 unspecified atom stereocenters. The molecule has 2 aromatic rings. The van der Waals surface area contributed by atoms with Crippen molar-refractivity contribution in [3.63, 3.8) is 0 Å². The summed E-state index contributed by atoms with van der Waals surface area (Å²) in [4.78, 5) is 11.9. The van der Waals surface area contributed by atoms with Crippen molar-refractivity contribution in [3.05, 3.63) is 71.3 Å². The van der Waals surface area contributed by atoms with Gasteiger partial charge in [0.15, 0.2) is 0 Å². The van der Waals surface area contributed by atoms with E-state index in [4.69, 9.17) is 4.74 Å². The number of hydrogen-bond donors (Lipinski definition) is 0. The number of hydrogen-bond acceptors (Lipinski definition) is 2. The van der Waals surface area contributed by atoms with Gasteiger partial charge in [-0.05, 0) is 29.7 Å². The van der Waals surface area contributed by atoms with Gasteiger partial charge in [0.05, 0.1) is 12.2 Å². The molecule has 0 bridgehead atoms.